The summed E-state index contributed by atoms with van der Waals surface area (Å²) in [6.45, 7) is -0.812. The molecule has 8 nitrogen and oxygen atoms in total. The zero-order valence-corrected chi connectivity index (χ0v) is 14.5. The van der Waals surface area contributed by atoms with E-state index in [1.54, 1.807) is 0 Å². The first-order valence-corrected chi connectivity index (χ1v) is 9.08. The van der Waals surface area contributed by atoms with Gasteiger partial charge in [-0.15, -0.1) is 0 Å². The van der Waals surface area contributed by atoms with E-state index in [2.05, 4.69) is 16.0 Å². The third-order valence-electron chi connectivity index (χ3n) is 4.69. The Morgan fingerprint density at radius 1 is 0.880 bits per heavy atom. The number of amides is 4. The number of carbonyl (C=O) groups is 4. The predicted octanol–water partition coefficient (Wildman–Crippen LogP) is 0.994. The molecule has 25 heavy (non-hydrogen) atoms. The van der Waals surface area contributed by atoms with Crippen LogP contribution in [0.1, 0.15) is 57.8 Å². The maximum atomic E-state index is 11.9. The van der Waals surface area contributed by atoms with Crippen molar-refractivity contribution in [3.05, 3.63) is 0 Å². The average Bonchev–Trinajstić information content (AvgIpc) is 3.11. The molecule has 0 aromatic rings. The molecule has 0 radical (unpaired) electrons. The van der Waals surface area contributed by atoms with E-state index in [-0.39, 0.29) is 24.4 Å². The van der Waals surface area contributed by atoms with Crippen molar-refractivity contribution in [1.82, 2.24) is 16.0 Å². The molecule has 0 unspecified atom stereocenters. The Bertz CT molecular complexity index is 497. The van der Waals surface area contributed by atoms with Crippen LogP contribution < -0.4 is 16.0 Å². The van der Waals surface area contributed by atoms with Gasteiger partial charge in [0.05, 0.1) is 0 Å². The van der Waals surface area contributed by atoms with E-state index < -0.39 is 24.5 Å². The van der Waals surface area contributed by atoms with E-state index >= 15 is 0 Å². The molecule has 4 amide bonds. The lowest BCUT2D eigenvalue weighted by Gasteiger charge is -2.20. The van der Waals surface area contributed by atoms with Gasteiger partial charge < -0.3 is 15.4 Å². The monoisotopic (exact) mass is 353 g/mol. The fourth-order valence-electron chi connectivity index (χ4n) is 3.32. The van der Waals surface area contributed by atoms with Gasteiger partial charge in [-0.3, -0.25) is 19.7 Å². The summed E-state index contributed by atoms with van der Waals surface area (Å²) in [6, 6.07) is -0.469. The van der Waals surface area contributed by atoms with E-state index in [4.69, 9.17) is 4.74 Å². The number of rotatable bonds is 6. The molecular formula is C17H27N3O5. The van der Waals surface area contributed by atoms with Gasteiger partial charge >= 0.3 is 12.0 Å². The van der Waals surface area contributed by atoms with Crippen LogP contribution in [0, 0.1) is 5.92 Å². The molecule has 0 aliphatic heterocycles. The van der Waals surface area contributed by atoms with Crippen molar-refractivity contribution in [2.45, 2.75) is 63.8 Å². The Balaban J connectivity index is 1.56. The highest BCUT2D eigenvalue weighted by atomic mass is 16.5. The molecule has 2 fully saturated rings. The summed E-state index contributed by atoms with van der Waals surface area (Å²) in [7, 11) is 0. The largest absolute Gasteiger partial charge is 0.454 e. The smallest absolute Gasteiger partial charge is 0.325 e. The summed E-state index contributed by atoms with van der Waals surface area (Å²) >= 11 is 0. The van der Waals surface area contributed by atoms with Gasteiger partial charge in [0.15, 0.2) is 6.61 Å². The standard InChI is InChI=1S/C17H27N3O5/c21-14(20-17(24)19-13-8-4-5-9-13)11-25-15(22)10-18-16(23)12-6-2-1-3-7-12/h12-13H,1-11H2,(H,18,23)(H2,19,20,21,24). The van der Waals surface area contributed by atoms with Gasteiger partial charge in [0.2, 0.25) is 5.91 Å². The van der Waals surface area contributed by atoms with Crippen LogP contribution in [-0.4, -0.2) is 43.0 Å². The molecular weight excluding hydrogens is 326 g/mol. The number of ether oxygens (including phenoxy) is 1. The number of hydrogen-bond donors (Lipinski definition) is 3. The second-order valence-electron chi connectivity index (χ2n) is 6.72. The Kier molecular flexibility index (Phi) is 7.69. The molecule has 0 heterocycles. The molecule has 0 aromatic carbocycles. The molecule has 2 rings (SSSR count). The Morgan fingerprint density at radius 3 is 2.20 bits per heavy atom. The van der Waals surface area contributed by atoms with Crippen LogP contribution in [0.3, 0.4) is 0 Å². The summed E-state index contributed by atoms with van der Waals surface area (Å²) < 4.78 is 4.77. The normalized spacial score (nSPS) is 18.4. The van der Waals surface area contributed by atoms with Crippen molar-refractivity contribution in [2.75, 3.05) is 13.2 Å². The number of imide groups is 1. The van der Waals surface area contributed by atoms with Crippen molar-refractivity contribution in [2.24, 2.45) is 5.92 Å². The van der Waals surface area contributed by atoms with Crippen LogP contribution in [0.2, 0.25) is 0 Å². The summed E-state index contributed by atoms with van der Waals surface area (Å²) in [5.74, 6) is -1.57. The summed E-state index contributed by atoms with van der Waals surface area (Å²) in [4.78, 5) is 46.7. The van der Waals surface area contributed by atoms with Gasteiger partial charge in [0.25, 0.3) is 5.91 Å². The molecule has 2 aliphatic carbocycles. The lowest BCUT2D eigenvalue weighted by molar-refractivity contribution is -0.148. The third kappa shape index (κ3) is 7.11. The van der Waals surface area contributed by atoms with Gasteiger partial charge in [-0.1, -0.05) is 32.1 Å². The van der Waals surface area contributed by atoms with Crippen LogP contribution in [0.25, 0.3) is 0 Å². The van der Waals surface area contributed by atoms with Crippen molar-refractivity contribution in [3.63, 3.8) is 0 Å². The van der Waals surface area contributed by atoms with Gasteiger partial charge in [-0.25, -0.2) is 4.79 Å². The number of nitrogens with one attached hydrogen (secondary N) is 3. The Morgan fingerprint density at radius 2 is 1.52 bits per heavy atom. The zero-order valence-electron chi connectivity index (χ0n) is 14.5. The van der Waals surface area contributed by atoms with Crippen molar-refractivity contribution in [1.29, 1.82) is 0 Å². The molecule has 0 aromatic heterocycles. The van der Waals surface area contributed by atoms with E-state index in [1.807, 2.05) is 0 Å². The SMILES string of the molecule is O=C(COC(=O)CNC(=O)C1CCCCC1)NC(=O)NC1CCCC1. The molecule has 0 bridgehead atoms. The van der Waals surface area contributed by atoms with Gasteiger partial charge in [0.1, 0.15) is 6.54 Å². The second kappa shape index (κ2) is 10.0. The summed E-state index contributed by atoms with van der Waals surface area (Å²) in [5, 5.41) is 7.37. The van der Waals surface area contributed by atoms with E-state index in [0.717, 1.165) is 57.8 Å². The van der Waals surface area contributed by atoms with Gasteiger partial charge in [-0.05, 0) is 25.7 Å². The molecule has 2 aliphatic rings. The number of urea groups is 1. The minimum absolute atomic E-state index is 0.0378. The van der Waals surface area contributed by atoms with Crippen LogP contribution >= 0.6 is 0 Å². The first-order chi connectivity index (χ1) is 12.0. The van der Waals surface area contributed by atoms with Gasteiger partial charge in [-0.2, -0.15) is 0 Å². The zero-order chi connectivity index (χ0) is 18.1. The molecule has 140 valence electrons. The maximum Gasteiger partial charge on any atom is 0.325 e. The van der Waals surface area contributed by atoms with Crippen LogP contribution in [-0.2, 0) is 19.1 Å². The van der Waals surface area contributed by atoms with E-state index in [1.165, 1.54) is 0 Å². The highest BCUT2D eigenvalue weighted by molar-refractivity contribution is 5.95. The quantitative estimate of drug-likeness (QED) is 0.616. The van der Waals surface area contributed by atoms with Crippen molar-refractivity contribution in [3.8, 4) is 0 Å². The lowest BCUT2D eigenvalue weighted by atomic mass is 9.89. The molecule has 0 atom stereocenters. The molecule has 0 spiro atoms. The summed E-state index contributed by atoms with van der Waals surface area (Å²) in [6.07, 6.45) is 8.88. The second-order valence-corrected chi connectivity index (χ2v) is 6.72. The number of hydrogen-bond acceptors (Lipinski definition) is 5. The van der Waals surface area contributed by atoms with Crippen LogP contribution in [0.15, 0.2) is 0 Å². The highest BCUT2D eigenvalue weighted by Crippen LogP contribution is 2.23. The van der Waals surface area contributed by atoms with Crippen LogP contribution in [0.4, 0.5) is 4.79 Å². The minimum atomic E-state index is -0.699. The maximum absolute atomic E-state index is 11.9. The molecule has 2 saturated carbocycles. The molecule has 8 heteroatoms. The molecule has 0 saturated heterocycles. The van der Waals surface area contributed by atoms with E-state index in [9.17, 15) is 19.2 Å². The van der Waals surface area contributed by atoms with Crippen molar-refractivity contribution < 1.29 is 23.9 Å². The third-order valence-corrected chi connectivity index (χ3v) is 4.69. The Hall–Kier alpha value is -2.12. The first-order valence-electron chi connectivity index (χ1n) is 9.08. The first kappa shape index (κ1) is 19.2. The van der Waals surface area contributed by atoms with E-state index in [0.29, 0.717) is 0 Å². The highest BCUT2D eigenvalue weighted by Gasteiger charge is 2.22. The molecule has 3 N–H and O–H groups in total. The average molecular weight is 353 g/mol. The minimum Gasteiger partial charge on any atom is -0.454 e. The topological polar surface area (TPSA) is 114 Å². The fraction of sp³-hybridized carbons (Fsp3) is 0.765. The van der Waals surface area contributed by atoms with Gasteiger partial charge in [0, 0.05) is 12.0 Å². The summed E-state index contributed by atoms with van der Waals surface area (Å²) in [5.41, 5.74) is 0. The van der Waals surface area contributed by atoms with Crippen molar-refractivity contribution >= 4 is 23.8 Å². The predicted molar refractivity (Wildman–Crippen MR) is 89.5 cm³/mol. The number of esters is 1. The fourth-order valence-corrected chi connectivity index (χ4v) is 3.32. The Labute approximate surface area is 147 Å². The van der Waals surface area contributed by atoms with Crippen LogP contribution in [0.5, 0.6) is 0 Å². The number of carbonyl (C=O) groups excluding carboxylic acids is 4. The lowest BCUT2D eigenvalue weighted by Crippen LogP contribution is -2.45.